The second kappa shape index (κ2) is 3.35. The molecule has 1 saturated heterocycles. The molecule has 0 aromatic heterocycles. The number of aliphatic hydroxyl groups excluding tert-OH is 1. The van der Waals surface area contributed by atoms with Crippen LogP contribution < -0.4 is 0 Å². The van der Waals surface area contributed by atoms with E-state index < -0.39 is 5.41 Å². The van der Waals surface area contributed by atoms with Gasteiger partial charge in [0.2, 0.25) is 5.91 Å². The molecule has 1 N–H and O–H groups in total. The molecule has 0 bridgehead atoms. The lowest BCUT2D eigenvalue weighted by Gasteiger charge is -2.40. The Balaban J connectivity index is 2.49. The molecule has 1 fully saturated rings. The smallest absolute Gasteiger partial charge is 0.242 e. The van der Waals surface area contributed by atoms with Crippen LogP contribution in [0.4, 0.5) is 0 Å². The summed E-state index contributed by atoms with van der Waals surface area (Å²) in [5.41, 5.74) is -0.930. The van der Waals surface area contributed by atoms with E-state index in [0.717, 1.165) is 0 Å². The molecule has 1 rings (SSSR count). The first kappa shape index (κ1) is 10.0. The molecule has 0 saturated carbocycles. The highest BCUT2D eigenvalue weighted by molar-refractivity contribution is 5.85. The first-order valence-electron chi connectivity index (χ1n) is 4.32. The van der Waals surface area contributed by atoms with Crippen molar-refractivity contribution in [2.24, 2.45) is 11.3 Å². The SMILES string of the molecule is CC(C)(C#N)C(=O)N1CC(CO)C1. The molecule has 1 aliphatic heterocycles. The summed E-state index contributed by atoms with van der Waals surface area (Å²) in [5.74, 6) is 0.0677. The average Bonchev–Trinajstić information content (AvgIpc) is 2.02. The van der Waals surface area contributed by atoms with Gasteiger partial charge in [0.25, 0.3) is 0 Å². The molecule has 72 valence electrons. The van der Waals surface area contributed by atoms with E-state index in [2.05, 4.69) is 0 Å². The maximum Gasteiger partial charge on any atom is 0.242 e. The quantitative estimate of drug-likeness (QED) is 0.653. The Morgan fingerprint density at radius 3 is 2.62 bits per heavy atom. The number of likely N-dealkylation sites (tertiary alicyclic amines) is 1. The molecule has 0 unspecified atom stereocenters. The maximum atomic E-state index is 11.6. The number of rotatable bonds is 2. The Morgan fingerprint density at radius 2 is 2.23 bits per heavy atom. The van der Waals surface area contributed by atoms with Gasteiger partial charge in [0.15, 0.2) is 0 Å². The molecule has 13 heavy (non-hydrogen) atoms. The van der Waals surface area contributed by atoms with Crippen LogP contribution in [0.3, 0.4) is 0 Å². The summed E-state index contributed by atoms with van der Waals surface area (Å²) in [5, 5.41) is 17.5. The minimum absolute atomic E-state index is 0.122. The van der Waals surface area contributed by atoms with E-state index in [1.807, 2.05) is 6.07 Å². The van der Waals surface area contributed by atoms with E-state index in [1.54, 1.807) is 18.7 Å². The molecule has 1 amide bonds. The van der Waals surface area contributed by atoms with Crippen LogP contribution in [0.5, 0.6) is 0 Å². The number of carbonyl (C=O) groups is 1. The first-order valence-corrected chi connectivity index (χ1v) is 4.32. The van der Waals surface area contributed by atoms with Gasteiger partial charge >= 0.3 is 0 Å². The molecule has 4 nitrogen and oxygen atoms in total. The fourth-order valence-electron chi connectivity index (χ4n) is 1.29. The Hall–Kier alpha value is -1.08. The minimum atomic E-state index is -0.930. The van der Waals surface area contributed by atoms with Gasteiger partial charge < -0.3 is 10.0 Å². The van der Waals surface area contributed by atoms with Gasteiger partial charge in [-0.25, -0.2) is 0 Å². The second-order valence-corrected chi connectivity index (χ2v) is 4.00. The lowest BCUT2D eigenvalue weighted by Crippen LogP contribution is -2.54. The summed E-state index contributed by atoms with van der Waals surface area (Å²) < 4.78 is 0. The van der Waals surface area contributed by atoms with Crippen LogP contribution in [0.25, 0.3) is 0 Å². The molecular formula is C9H14N2O2. The minimum Gasteiger partial charge on any atom is -0.396 e. The van der Waals surface area contributed by atoms with Crippen LogP contribution in [-0.2, 0) is 4.79 Å². The molecule has 0 spiro atoms. The summed E-state index contributed by atoms with van der Waals surface area (Å²) in [7, 11) is 0. The number of amides is 1. The van der Waals surface area contributed by atoms with Crippen molar-refractivity contribution in [1.29, 1.82) is 5.26 Å². The first-order chi connectivity index (χ1) is 6.01. The van der Waals surface area contributed by atoms with Gasteiger partial charge in [0.1, 0.15) is 5.41 Å². The summed E-state index contributed by atoms with van der Waals surface area (Å²) in [6, 6.07) is 1.97. The Kier molecular flexibility index (Phi) is 2.58. The van der Waals surface area contributed by atoms with Crippen LogP contribution >= 0.6 is 0 Å². The Labute approximate surface area is 77.8 Å². The van der Waals surface area contributed by atoms with Crippen LogP contribution in [0.15, 0.2) is 0 Å². The van der Waals surface area contributed by atoms with Gasteiger partial charge in [0, 0.05) is 25.6 Å². The van der Waals surface area contributed by atoms with E-state index in [9.17, 15) is 4.79 Å². The number of carbonyl (C=O) groups excluding carboxylic acids is 1. The standard InChI is InChI=1S/C9H14N2O2/c1-9(2,6-10)8(13)11-3-7(4-11)5-12/h7,12H,3-5H2,1-2H3. The highest BCUT2D eigenvalue weighted by Crippen LogP contribution is 2.23. The molecule has 0 aromatic carbocycles. The second-order valence-electron chi connectivity index (χ2n) is 4.00. The van der Waals surface area contributed by atoms with E-state index in [1.165, 1.54) is 0 Å². The number of hydrogen-bond donors (Lipinski definition) is 1. The zero-order chi connectivity index (χ0) is 10.1. The predicted octanol–water partition coefficient (Wildman–Crippen LogP) is -0.0131. The van der Waals surface area contributed by atoms with Crippen LogP contribution in [0.2, 0.25) is 0 Å². The summed E-state index contributed by atoms with van der Waals surface area (Å²) in [6.45, 7) is 4.51. The molecule has 4 heteroatoms. The molecule has 0 aromatic rings. The lowest BCUT2D eigenvalue weighted by molar-refractivity contribution is -0.145. The predicted molar refractivity (Wildman–Crippen MR) is 46.5 cm³/mol. The van der Waals surface area contributed by atoms with Crippen molar-refractivity contribution in [3.63, 3.8) is 0 Å². The number of aliphatic hydroxyl groups is 1. The summed E-state index contributed by atoms with van der Waals surface area (Å²) >= 11 is 0. The highest BCUT2D eigenvalue weighted by Gasteiger charge is 2.38. The third-order valence-electron chi connectivity index (χ3n) is 2.32. The number of nitrogens with zero attached hydrogens (tertiary/aromatic N) is 2. The number of nitriles is 1. The molecule has 1 heterocycles. The van der Waals surface area contributed by atoms with E-state index in [4.69, 9.17) is 10.4 Å². The molecule has 1 aliphatic rings. The van der Waals surface area contributed by atoms with Gasteiger partial charge in [0.05, 0.1) is 6.07 Å². The van der Waals surface area contributed by atoms with Crippen molar-refractivity contribution >= 4 is 5.91 Å². The maximum absolute atomic E-state index is 11.6. The van der Waals surface area contributed by atoms with Crippen LogP contribution in [-0.4, -0.2) is 35.6 Å². The number of hydrogen-bond acceptors (Lipinski definition) is 3. The third-order valence-corrected chi connectivity index (χ3v) is 2.32. The van der Waals surface area contributed by atoms with E-state index in [-0.39, 0.29) is 18.4 Å². The molecule has 0 atom stereocenters. The fourth-order valence-corrected chi connectivity index (χ4v) is 1.29. The van der Waals surface area contributed by atoms with Crippen molar-refractivity contribution in [3.8, 4) is 6.07 Å². The Bertz CT molecular complexity index is 249. The van der Waals surface area contributed by atoms with Gasteiger partial charge in [-0.3, -0.25) is 4.79 Å². The van der Waals surface area contributed by atoms with Gasteiger partial charge in [-0.2, -0.15) is 5.26 Å². The largest absolute Gasteiger partial charge is 0.396 e. The van der Waals surface area contributed by atoms with Gasteiger partial charge in [-0.1, -0.05) is 0 Å². The van der Waals surface area contributed by atoms with Gasteiger partial charge in [-0.15, -0.1) is 0 Å². The molecular weight excluding hydrogens is 168 g/mol. The van der Waals surface area contributed by atoms with Crippen molar-refractivity contribution in [2.45, 2.75) is 13.8 Å². The lowest BCUT2D eigenvalue weighted by atomic mass is 9.90. The zero-order valence-corrected chi connectivity index (χ0v) is 7.95. The van der Waals surface area contributed by atoms with Crippen LogP contribution in [0, 0.1) is 22.7 Å². The average molecular weight is 182 g/mol. The summed E-state index contributed by atoms with van der Waals surface area (Å²) in [6.07, 6.45) is 0. The van der Waals surface area contributed by atoms with Crippen LogP contribution in [0.1, 0.15) is 13.8 Å². The van der Waals surface area contributed by atoms with Crippen molar-refractivity contribution < 1.29 is 9.90 Å². The van der Waals surface area contributed by atoms with E-state index in [0.29, 0.717) is 13.1 Å². The summed E-state index contributed by atoms with van der Waals surface area (Å²) in [4.78, 5) is 13.2. The van der Waals surface area contributed by atoms with Crippen molar-refractivity contribution in [2.75, 3.05) is 19.7 Å². The molecule has 0 aliphatic carbocycles. The third kappa shape index (κ3) is 1.81. The topological polar surface area (TPSA) is 64.3 Å². The highest BCUT2D eigenvalue weighted by atomic mass is 16.3. The van der Waals surface area contributed by atoms with Gasteiger partial charge in [-0.05, 0) is 13.8 Å². The molecule has 0 radical (unpaired) electrons. The zero-order valence-electron chi connectivity index (χ0n) is 7.95. The van der Waals surface area contributed by atoms with Crippen molar-refractivity contribution in [3.05, 3.63) is 0 Å². The fraction of sp³-hybridized carbons (Fsp3) is 0.778. The Morgan fingerprint density at radius 1 is 1.69 bits per heavy atom. The monoisotopic (exact) mass is 182 g/mol. The van der Waals surface area contributed by atoms with Crippen molar-refractivity contribution in [1.82, 2.24) is 4.90 Å². The van der Waals surface area contributed by atoms with E-state index >= 15 is 0 Å². The normalized spacial score (nSPS) is 17.8.